The van der Waals surface area contributed by atoms with Crippen molar-refractivity contribution in [3.05, 3.63) is 58.9 Å². The highest BCUT2D eigenvalue weighted by atomic mass is 32.1. The summed E-state index contributed by atoms with van der Waals surface area (Å²) in [5.74, 6) is 1.26. The minimum atomic E-state index is 0.428. The fraction of sp³-hybridized carbons (Fsp3) is 0.455. The molecule has 7 nitrogen and oxygen atoms in total. The van der Waals surface area contributed by atoms with Gasteiger partial charge in [0.2, 0.25) is 0 Å². The lowest BCUT2D eigenvalue weighted by Crippen LogP contribution is -2.34. The molecule has 0 aliphatic carbocycles. The lowest BCUT2D eigenvalue weighted by atomic mass is 9.93. The highest BCUT2D eigenvalue weighted by Gasteiger charge is 2.23. The number of pyridine rings is 1. The maximum atomic E-state index is 5.10. The molecule has 1 N–H and O–H groups in total. The van der Waals surface area contributed by atoms with Crippen LogP contribution in [0.4, 0.5) is 10.8 Å². The normalized spacial score (nSPS) is 17.2. The van der Waals surface area contributed by atoms with Crippen molar-refractivity contribution in [3.63, 3.8) is 0 Å². The van der Waals surface area contributed by atoms with E-state index in [4.69, 9.17) is 9.72 Å². The van der Waals surface area contributed by atoms with Gasteiger partial charge in [0.1, 0.15) is 5.82 Å². The van der Waals surface area contributed by atoms with Gasteiger partial charge in [0, 0.05) is 79.1 Å². The number of anilines is 2. The Balaban J connectivity index is 1.40. The number of ether oxygens (including phenoxy) is 1. The number of likely N-dealkylation sites (tertiary alicyclic amines) is 1. The average Bonchev–Trinajstić information content (AvgIpc) is 3.26. The first kappa shape index (κ1) is 20.8. The van der Waals surface area contributed by atoms with E-state index in [-0.39, 0.29) is 0 Å². The molecule has 0 aromatic carbocycles. The second-order valence-corrected chi connectivity index (χ2v) is 8.60. The Bertz CT molecular complexity index is 931. The first-order valence-corrected chi connectivity index (χ1v) is 11.2. The molecule has 8 heteroatoms. The maximum absolute atomic E-state index is 5.10. The molecular formula is C22H28N6OS. The van der Waals surface area contributed by atoms with Crippen LogP contribution in [0, 0.1) is 6.92 Å². The van der Waals surface area contributed by atoms with Gasteiger partial charge in [-0.15, -0.1) is 11.3 Å². The summed E-state index contributed by atoms with van der Waals surface area (Å²) in [5, 5.41) is 6.29. The summed E-state index contributed by atoms with van der Waals surface area (Å²) in [5.41, 5.74) is 4.40. The number of methoxy groups -OCH3 is 1. The number of aryl methyl sites for hydroxylation is 1. The Labute approximate surface area is 181 Å². The van der Waals surface area contributed by atoms with E-state index in [0.717, 1.165) is 66.1 Å². The summed E-state index contributed by atoms with van der Waals surface area (Å²) in [6.07, 6.45) is 8.79. The number of rotatable bonds is 8. The number of hydrogen-bond donors (Lipinski definition) is 1. The molecular weight excluding hydrogens is 396 g/mol. The SMILES string of the molecule is COCCc1ncc(CN2CCC[C@H](c3cc(Nc4nccs4)cc(C)n3)C2)cn1. The topological polar surface area (TPSA) is 76.1 Å². The molecule has 1 aliphatic rings. The van der Waals surface area contributed by atoms with Gasteiger partial charge < -0.3 is 10.1 Å². The number of hydrogen-bond acceptors (Lipinski definition) is 8. The molecule has 0 radical (unpaired) electrons. The van der Waals surface area contributed by atoms with Gasteiger partial charge in [-0.2, -0.15) is 0 Å². The molecule has 4 rings (SSSR count). The van der Waals surface area contributed by atoms with Crippen LogP contribution in [-0.4, -0.2) is 51.6 Å². The lowest BCUT2D eigenvalue weighted by Gasteiger charge is -2.32. The average molecular weight is 425 g/mol. The van der Waals surface area contributed by atoms with Crippen molar-refractivity contribution in [1.82, 2.24) is 24.8 Å². The Kier molecular flexibility index (Phi) is 6.99. The van der Waals surface area contributed by atoms with Crippen molar-refractivity contribution in [1.29, 1.82) is 0 Å². The standard InChI is InChI=1S/C22H28N6OS/c1-16-10-19(27-22-23-6-9-30-22)11-20(26-16)18-4-3-7-28(15-18)14-17-12-24-21(25-13-17)5-8-29-2/h6,9-13,18H,3-5,7-8,14-15H2,1-2H3,(H,23,26,27)/t18-/m0/s1. The predicted molar refractivity (Wildman–Crippen MR) is 119 cm³/mol. The van der Waals surface area contributed by atoms with Crippen LogP contribution in [0.25, 0.3) is 0 Å². The molecule has 1 saturated heterocycles. The smallest absolute Gasteiger partial charge is 0.187 e. The number of piperidine rings is 1. The zero-order valence-corrected chi connectivity index (χ0v) is 18.4. The van der Waals surface area contributed by atoms with Gasteiger partial charge in [-0.3, -0.25) is 9.88 Å². The summed E-state index contributed by atoms with van der Waals surface area (Å²) in [4.78, 5) is 20.6. The summed E-state index contributed by atoms with van der Waals surface area (Å²) < 4.78 is 5.10. The Hall–Kier alpha value is -2.42. The molecule has 0 spiro atoms. The minimum Gasteiger partial charge on any atom is -0.384 e. The molecule has 4 heterocycles. The second kappa shape index (κ2) is 10.1. The fourth-order valence-electron chi connectivity index (χ4n) is 3.87. The molecule has 3 aromatic rings. The summed E-state index contributed by atoms with van der Waals surface area (Å²) in [6, 6.07) is 4.25. The predicted octanol–water partition coefficient (Wildman–Crippen LogP) is 3.95. The van der Waals surface area contributed by atoms with Crippen molar-refractivity contribution >= 4 is 22.2 Å². The Morgan fingerprint density at radius 3 is 2.87 bits per heavy atom. The molecule has 3 aromatic heterocycles. The molecule has 1 aliphatic heterocycles. The second-order valence-electron chi connectivity index (χ2n) is 7.71. The van der Waals surface area contributed by atoms with Gasteiger partial charge in [-0.05, 0) is 38.4 Å². The van der Waals surface area contributed by atoms with Crippen LogP contribution in [0.3, 0.4) is 0 Å². The first-order valence-electron chi connectivity index (χ1n) is 10.4. The largest absolute Gasteiger partial charge is 0.384 e. The third-order valence-electron chi connectivity index (χ3n) is 5.28. The highest BCUT2D eigenvalue weighted by molar-refractivity contribution is 7.13. The van der Waals surface area contributed by atoms with Gasteiger partial charge in [0.15, 0.2) is 5.13 Å². The molecule has 0 saturated carbocycles. The molecule has 30 heavy (non-hydrogen) atoms. The Morgan fingerprint density at radius 2 is 2.10 bits per heavy atom. The van der Waals surface area contributed by atoms with Crippen LogP contribution in [-0.2, 0) is 17.7 Å². The van der Waals surface area contributed by atoms with E-state index >= 15 is 0 Å². The quantitative estimate of drug-likeness (QED) is 0.587. The van der Waals surface area contributed by atoms with Crippen molar-refractivity contribution in [2.24, 2.45) is 0 Å². The molecule has 1 atom stereocenters. The van der Waals surface area contributed by atoms with Gasteiger partial charge in [0.25, 0.3) is 0 Å². The van der Waals surface area contributed by atoms with Gasteiger partial charge in [-0.1, -0.05) is 0 Å². The molecule has 0 unspecified atom stereocenters. The van der Waals surface area contributed by atoms with Crippen LogP contribution >= 0.6 is 11.3 Å². The van der Waals surface area contributed by atoms with E-state index in [1.54, 1.807) is 18.4 Å². The number of aromatic nitrogens is 4. The first-order chi connectivity index (χ1) is 14.7. The molecule has 0 amide bonds. The van der Waals surface area contributed by atoms with E-state index < -0.39 is 0 Å². The van der Waals surface area contributed by atoms with Crippen LogP contribution < -0.4 is 5.32 Å². The van der Waals surface area contributed by atoms with Crippen LogP contribution in [0.1, 0.15) is 41.5 Å². The molecule has 158 valence electrons. The summed E-state index contributed by atoms with van der Waals surface area (Å²) in [6.45, 7) is 5.67. The van der Waals surface area contributed by atoms with Crippen molar-refractivity contribution < 1.29 is 4.74 Å². The summed E-state index contributed by atoms with van der Waals surface area (Å²) in [7, 11) is 1.70. The lowest BCUT2D eigenvalue weighted by molar-refractivity contribution is 0.197. The van der Waals surface area contributed by atoms with Gasteiger partial charge in [-0.25, -0.2) is 15.0 Å². The third kappa shape index (κ3) is 5.59. The number of nitrogens with one attached hydrogen (secondary N) is 1. The third-order valence-corrected chi connectivity index (χ3v) is 5.96. The monoisotopic (exact) mass is 424 g/mol. The van der Waals surface area contributed by atoms with E-state index in [9.17, 15) is 0 Å². The van der Waals surface area contributed by atoms with E-state index in [1.165, 1.54) is 6.42 Å². The number of nitrogens with zero attached hydrogens (tertiary/aromatic N) is 5. The van der Waals surface area contributed by atoms with Crippen LogP contribution in [0.15, 0.2) is 36.1 Å². The number of thiazole rings is 1. The van der Waals surface area contributed by atoms with E-state index in [2.05, 4.69) is 44.2 Å². The zero-order valence-electron chi connectivity index (χ0n) is 17.5. The van der Waals surface area contributed by atoms with Gasteiger partial charge in [0.05, 0.1) is 6.61 Å². The van der Waals surface area contributed by atoms with E-state index in [1.807, 2.05) is 24.0 Å². The summed E-state index contributed by atoms with van der Waals surface area (Å²) >= 11 is 1.60. The highest BCUT2D eigenvalue weighted by Crippen LogP contribution is 2.29. The fourth-order valence-corrected chi connectivity index (χ4v) is 4.42. The molecule has 1 fully saturated rings. The van der Waals surface area contributed by atoms with E-state index in [0.29, 0.717) is 12.5 Å². The van der Waals surface area contributed by atoms with Crippen molar-refractivity contribution in [2.75, 3.05) is 32.1 Å². The van der Waals surface area contributed by atoms with Gasteiger partial charge >= 0.3 is 0 Å². The molecule has 0 bridgehead atoms. The van der Waals surface area contributed by atoms with Crippen molar-refractivity contribution in [3.8, 4) is 0 Å². The Morgan fingerprint density at radius 1 is 1.23 bits per heavy atom. The van der Waals surface area contributed by atoms with Crippen LogP contribution in [0.2, 0.25) is 0 Å². The zero-order chi connectivity index (χ0) is 20.8. The maximum Gasteiger partial charge on any atom is 0.187 e. The van der Waals surface area contributed by atoms with Crippen LogP contribution in [0.5, 0.6) is 0 Å². The van der Waals surface area contributed by atoms with Crippen molar-refractivity contribution in [2.45, 2.75) is 38.6 Å². The minimum absolute atomic E-state index is 0.428.